The molecular weight excluding hydrogens is 218 g/mol. The monoisotopic (exact) mass is 235 g/mol. The molecule has 0 bridgehead atoms. The molecule has 0 radical (unpaired) electrons. The van der Waals surface area contributed by atoms with Crippen LogP contribution in [0.2, 0.25) is 0 Å². The van der Waals surface area contributed by atoms with Crippen molar-refractivity contribution in [3.63, 3.8) is 0 Å². The summed E-state index contributed by atoms with van der Waals surface area (Å²) in [5, 5.41) is 3.73. The highest BCUT2D eigenvalue weighted by Crippen LogP contribution is 2.11. The Morgan fingerprint density at radius 3 is 2.53 bits per heavy atom. The van der Waals surface area contributed by atoms with Gasteiger partial charge in [0.25, 0.3) is 0 Å². The van der Waals surface area contributed by atoms with Gasteiger partial charge < -0.3 is 9.57 Å². The van der Waals surface area contributed by atoms with Gasteiger partial charge >= 0.3 is 5.97 Å². The minimum Gasteiger partial charge on any atom is -0.461 e. The molecule has 0 atom stereocenters. The van der Waals surface area contributed by atoms with Crippen molar-refractivity contribution < 1.29 is 14.4 Å². The molecule has 0 N–H and O–H groups in total. The zero-order valence-electron chi connectivity index (χ0n) is 10.6. The third kappa shape index (κ3) is 3.31. The SMILES string of the molecule is CCOC(=O)/C(=N/OC)c1ccc(C)c(C)c1. The van der Waals surface area contributed by atoms with E-state index in [0.29, 0.717) is 12.2 Å². The maximum absolute atomic E-state index is 11.7. The summed E-state index contributed by atoms with van der Waals surface area (Å²) in [5.41, 5.74) is 3.15. The van der Waals surface area contributed by atoms with E-state index in [9.17, 15) is 4.79 Å². The van der Waals surface area contributed by atoms with E-state index in [2.05, 4.69) is 9.99 Å². The molecule has 92 valence electrons. The maximum Gasteiger partial charge on any atom is 0.361 e. The Balaban J connectivity index is 3.10. The Labute approximate surface area is 101 Å². The Morgan fingerprint density at radius 2 is 2.00 bits per heavy atom. The van der Waals surface area contributed by atoms with Crippen molar-refractivity contribution in [1.82, 2.24) is 0 Å². The van der Waals surface area contributed by atoms with Gasteiger partial charge in [-0.2, -0.15) is 0 Å². The molecule has 1 aromatic rings. The highest BCUT2D eigenvalue weighted by molar-refractivity contribution is 6.43. The van der Waals surface area contributed by atoms with Crippen LogP contribution in [0.4, 0.5) is 0 Å². The molecule has 4 nitrogen and oxygen atoms in total. The second-order valence-electron chi connectivity index (χ2n) is 3.64. The van der Waals surface area contributed by atoms with Crippen molar-refractivity contribution in [3.05, 3.63) is 34.9 Å². The first kappa shape index (κ1) is 13.2. The number of aryl methyl sites for hydroxylation is 2. The van der Waals surface area contributed by atoms with E-state index in [-0.39, 0.29) is 5.71 Å². The van der Waals surface area contributed by atoms with Gasteiger partial charge in [0, 0.05) is 5.56 Å². The summed E-state index contributed by atoms with van der Waals surface area (Å²) in [6.45, 7) is 6.06. The highest BCUT2D eigenvalue weighted by Gasteiger charge is 2.16. The van der Waals surface area contributed by atoms with Crippen molar-refractivity contribution in [3.8, 4) is 0 Å². The van der Waals surface area contributed by atoms with Crippen LogP contribution in [-0.4, -0.2) is 25.4 Å². The van der Waals surface area contributed by atoms with E-state index in [1.54, 1.807) is 6.92 Å². The molecule has 0 aromatic heterocycles. The average Bonchev–Trinajstić information content (AvgIpc) is 2.30. The lowest BCUT2D eigenvalue weighted by molar-refractivity contribution is -0.135. The van der Waals surface area contributed by atoms with Crippen LogP contribution in [0.1, 0.15) is 23.6 Å². The number of benzene rings is 1. The summed E-state index contributed by atoms with van der Waals surface area (Å²) >= 11 is 0. The van der Waals surface area contributed by atoms with Gasteiger partial charge in [-0.05, 0) is 38.0 Å². The number of carbonyl (C=O) groups excluding carboxylic acids is 1. The molecule has 0 aliphatic carbocycles. The summed E-state index contributed by atoms with van der Waals surface area (Å²) in [7, 11) is 1.40. The minimum absolute atomic E-state index is 0.192. The standard InChI is InChI=1S/C13H17NO3/c1-5-17-13(15)12(14-16-4)11-7-6-9(2)10(3)8-11/h6-8H,5H2,1-4H3/b14-12+. The number of hydrogen-bond donors (Lipinski definition) is 0. The minimum atomic E-state index is -0.474. The van der Waals surface area contributed by atoms with Gasteiger partial charge in [-0.3, -0.25) is 0 Å². The van der Waals surface area contributed by atoms with Gasteiger partial charge in [-0.15, -0.1) is 0 Å². The Bertz CT molecular complexity index is 438. The normalized spacial score (nSPS) is 11.2. The molecule has 1 rings (SSSR count). The first-order valence-electron chi connectivity index (χ1n) is 5.46. The van der Waals surface area contributed by atoms with Gasteiger partial charge in [0.15, 0.2) is 5.71 Å². The van der Waals surface area contributed by atoms with Crippen molar-refractivity contribution >= 4 is 11.7 Å². The van der Waals surface area contributed by atoms with Crippen LogP contribution < -0.4 is 0 Å². The number of oxime groups is 1. The zero-order valence-corrected chi connectivity index (χ0v) is 10.6. The van der Waals surface area contributed by atoms with Crippen molar-refractivity contribution in [2.24, 2.45) is 5.16 Å². The summed E-state index contributed by atoms with van der Waals surface area (Å²) in [6.07, 6.45) is 0. The quantitative estimate of drug-likeness (QED) is 0.456. The molecule has 0 aliphatic rings. The first-order chi connectivity index (χ1) is 8.10. The lowest BCUT2D eigenvalue weighted by Gasteiger charge is -2.07. The molecule has 17 heavy (non-hydrogen) atoms. The highest BCUT2D eigenvalue weighted by atomic mass is 16.6. The summed E-state index contributed by atoms with van der Waals surface area (Å²) < 4.78 is 4.93. The molecule has 0 saturated heterocycles. The van der Waals surface area contributed by atoms with Crippen LogP contribution in [0.3, 0.4) is 0 Å². The molecule has 4 heteroatoms. The van der Waals surface area contributed by atoms with Gasteiger partial charge in [-0.1, -0.05) is 17.3 Å². The fraction of sp³-hybridized carbons (Fsp3) is 0.385. The van der Waals surface area contributed by atoms with E-state index >= 15 is 0 Å². The molecule has 0 saturated carbocycles. The number of nitrogens with zero attached hydrogens (tertiary/aromatic N) is 1. The Morgan fingerprint density at radius 1 is 1.29 bits per heavy atom. The van der Waals surface area contributed by atoms with Crippen LogP contribution in [0.15, 0.2) is 23.4 Å². The molecule has 0 fully saturated rings. The first-order valence-corrected chi connectivity index (χ1v) is 5.46. The van der Waals surface area contributed by atoms with Gasteiger partial charge in [0.05, 0.1) is 6.61 Å². The van der Waals surface area contributed by atoms with E-state index in [0.717, 1.165) is 11.1 Å². The van der Waals surface area contributed by atoms with Crippen molar-refractivity contribution in [2.45, 2.75) is 20.8 Å². The van der Waals surface area contributed by atoms with E-state index < -0.39 is 5.97 Å². The van der Waals surface area contributed by atoms with E-state index in [4.69, 9.17) is 4.74 Å². The Kier molecular flexibility index (Phi) is 4.69. The Hall–Kier alpha value is -1.84. The number of ether oxygens (including phenoxy) is 1. The van der Waals surface area contributed by atoms with Crippen molar-refractivity contribution in [1.29, 1.82) is 0 Å². The predicted molar refractivity (Wildman–Crippen MR) is 66.1 cm³/mol. The summed E-state index contributed by atoms with van der Waals surface area (Å²) in [5.74, 6) is -0.474. The average molecular weight is 235 g/mol. The van der Waals surface area contributed by atoms with Crippen LogP contribution in [0.5, 0.6) is 0 Å². The van der Waals surface area contributed by atoms with Crippen LogP contribution in [0.25, 0.3) is 0 Å². The number of esters is 1. The molecular formula is C13H17NO3. The number of carbonyl (C=O) groups is 1. The van der Waals surface area contributed by atoms with E-state index in [1.807, 2.05) is 32.0 Å². The largest absolute Gasteiger partial charge is 0.461 e. The molecule has 0 unspecified atom stereocenters. The topological polar surface area (TPSA) is 47.9 Å². The second-order valence-corrected chi connectivity index (χ2v) is 3.64. The van der Waals surface area contributed by atoms with Crippen LogP contribution in [0, 0.1) is 13.8 Å². The fourth-order valence-corrected chi connectivity index (χ4v) is 1.39. The third-order valence-electron chi connectivity index (χ3n) is 2.43. The third-order valence-corrected chi connectivity index (χ3v) is 2.43. The molecule has 0 aliphatic heterocycles. The molecule has 1 aromatic carbocycles. The summed E-state index contributed by atoms with van der Waals surface area (Å²) in [6, 6.07) is 5.66. The second kappa shape index (κ2) is 6.03. The van der Waals surface area contributed by atoms with Crippen LogP contribution in [-0.2, 0) is 14.4 Å². The molecule has 0 amide bonds. The lowest BCUT2D eigenvalue weighted by Crippen LogP contribution is -2.19. The van der Waals surface area contributed by atoms with Crippen LogP contribution >= 0.6 is 0 Å². The summed E-state index contributed by atoms with van der Waals surface area (Å²) in [4.78, 5) is 16.4. The lowest BCUT2D eigenvalue weighted by atomic mass is 10.0. The van der Waals surface area contributed by atoms with Gasteiger partial charge in [0.1, 0.15) is 7.11 Å². The predicted octanol–water partition coefficient (Wildman–Crippen LogP) is 2.22. The maximum atomic E-state index is 11.7. The number of hydrogen-bond acceptors (Lipinski definition) is 4. The number of rotatable bonds is 4. The smallest absolute Gasteiger partial charge is 0.361 e. The van der Waals surface area contributed by atoms with E-state index in [1.165, 1.54) is 7.11 Å². The van der Waals surface area contributed by atoms with Crippen molar-refractivity contribution in [2.75, 3.05) is 13.7 Å². The van der Waals surface area contributed by atoms with Gasteiger partial charge in [-0.25, -0.2) is 4.79 Å². The molecule has 0 heterocycles. The van der Waals surface area contributed by atoms with Gasteiger partial charge in [0.2, 0.25) is 0 Å². The zero-order chi connectivity index (χ0) is 12.8. The molecule has 0 spiro atoms. The fourth-order valence-electron chi connectivity index (χ4n) is 1.39.